The highest BCUT2D eigenvalue weighted by atomic mass is 16.6. The highest BCUT2D eigenvalue weighted by molar-refractivity contribution is 5.75. The van der Waals surface area contributed by atoms with E-state index >= 15 is 0 Å². The number of azo groups is 1. The van der Waals surface area contributed by atoms with Crippen molar-refractivity contribution in [1.29, 1.82) is 0 Å². The third-order valence-electron chi connectivity index (χ3n) is 3.07. The number of carbonyl (C=O) groups excluding carboxylic acids is 2. The van der Waals surface area contributed by atoms with Crippen molar-refractivity contribution in [2.45, 2.75) is 38.7 Å². The van der Waals surface area contributed by atoms with E-state index in [0.717, 1.165) is 31.2 Å². The van der Waals surface area contributed by atoms with Crippen LogP contribution in [0, 0.1) is 6.92 Å². The lowest BCUT2D eigenvalue weighted by Crippen LogP contribution is -2.11. The van der Waals surface area contributed by atoms with Crippen molar-refractivity contribution in [3.63, 3.8) is 0 Å². The zero-order valence-corrected chi connectivity index (χ0v) is 11.2. The Balaban J connectivity index is 1.82. The average Bonchev–Trinajstić information content (AvgIpc) is 2.92. The molecule has 1 aliphatic carbocycles. The van der Waals surface area contributed by atoms with E-state index in [9.17, 15) is 9.59 Å². The molecule has 0 aliphatic heterocycles. The molecule has 1 aromatic rings. The summed E-state index contributed by atoms with van der Waals surface area (Å²) < 4.78 is 9.99. The number of aryl methyl sites for hydroxylation is 1. The van der Waals surface area contributed by atoms with Crippen LogP contribution < -0.4 is 4.74 Å². The van der Waals surface area contributed by atoms with Crippen LogP contribution in [0.3, 0.4) is 0 Å². The highest BCUT2D eigenvalue weighted by Crippen LogP contribution is 2.21. The number of benzene rings is 1. The Morgan fingerprint density at radius 1 is 1.10 bits per heavy atom. The van der Waals surface area contributed by atoms with Crippen molar-refractivity contribution in [2.75, 3.05) is 0 Å². The standard InChI is InChI=1S/C14H16N2O4/c1-10-6-2-5-9-12(10)20-14(18)16-15-13(17)19-11-7-3-4-8-11/h2,5-6,9,11H,3-4,7-8H2,1H3. The first kappa shape index (κ1) is 14.2. The molecule has 0 unspecified atom stereocenters. The summed E-state index contributed by atoms with van der Waals surface area (Å²) in [4.78, 5) is 22.7. The molecule has 0 spiro atoms. The molecule has 2 amide bonds. The Kier molecular flexibility index (Phi) is 4.81. The van der Waals surface area contributed by atoms with Gasteiger partial charge in [-0.05, 0) is 44.2 Å². The molecule has 1 aromatic carbocycles. The van der Waals surface area contributed by atoms with E-state index < -0.39 is 12.2 Å². The van der Waals surface area contributed by atoms with Gasteiger partial charge in [0.05, 0.1) is 0 Å². The van der Waals surface area contributed by atoms with Crippen LogP contribution >= 0.6 is 0 Å². The van der Waals surface area contributed by atoms with Crippen LogP contribution in [0.15, 0.2) is 34.5 Å². The van der Waals surface area contributed by atoms with Crippen LogP contribution in [0.4, 0.5) is 9.59 Å². The average molecular weight is 276 g/mol. The maximum Gasteiger partial charge on any atom is 0.458 e. The van der Waals surface area contributed by atoms with Gasteiger partial charge in [-0.1, -0.05) is 28.4 Å². The maximum absolute atomic E-state index is 11.4. The van der Waals surface area contributed by atoms with Gasteiger partial charge in [-0.15, -0.1) is 0 Å². The third kappa shape index (κ3) is 4.15. The first-order chi connectivity index (χ1) is 9.65. The van der Waals surface area contributed by atoms with Crippen LogP contribution in [-0.4, -0.2) is 18.3 Å². The fourth-order valence-corrected chi connectivity index (χ4v) is 2.04. The predicted octanol–water partition coefficient (Wildman–Crippen LogP) is 4.03. The molecule has 0 radical (unpaired) electrons. The number of para-hydroxylation sites is 1. The number of rotatable bonds is 2. The Labute approximate surface area is 116 Å². The van der Waals surface area contributed by atoms with E-state index in [4.69, 9.17) is 9.47 Å². The highest BCUT2D eigenvalue weighted by Gasteiger charge is 2.19. The van der Waals surface area contributed by atoms with Crippen LogP contribution in [0.2, 0.25) is 0 Å². The quantitative estimate of drug-likeness (QED) is 0.764. The minimum absolute atomic E-state index is 0.103. The van der Waals surface area contributed by atoms with E-state index in [2.05, 4.69) is 10.2 Å². The van der Waals surface area contributed by atoms with Gasteiger partial charge in [0, 0.05) is 0 Å². The Morgan fingerprint density at radius 3 is 2.45 bits per heavy atom. The molecule has 0 heterocycles. The molecule has 0 N–H and O–H groups in total. The van der Waals surface area contributed by atoms with Gasteiger partial charge >= 0.3 is 12.2 Å². The van der Waals surface area contributed by atoms with Gasteiger partial charge in [0.1, 0.15) is 11.9 Å². The minimum Gasteiger partial charge on any atom is -0.444 e. The van der Waals surface area contributed by atoms with E-state index in [0.29, 0.717) is 5.75 Å². The minimum atomic E-state index is -0.942. The summed E-state index contributed by atoms with van der Waals surface area (Å²) in [6.45, 7) is 1.80. The normalized spacial score (nSPS) is 15.4. The lowest BCUT2D eigenvalue weighted by molar-refractivity contribution is 0.108. The van der Waals surface area contributed by atoms with E-state index in [-0.39, 0.29) is 6.10 Å². The summed E-state index contributed by atoms with van der Waals surface area (Å²) in [7, 11) is 0. The molecule has 0 aromatic heterocycles. The fraction of sp³-hybridized carbons (Fsp3) is 0.429. The van der Waals surface area contributed by atoms with Crippen LogP contribution in [0.1, 0.15) is 31.2 Å². The lowest BCUT2D eigenvalue weighted by Gasteiger charge is -2.07. The predicted molar refractivity (Wildman–Crippen MR) is 70.8 cm³/mol. The van der Waals surface area contributed by atoms with E-state index in [1.54, 1.807) is 25.1 Å². The van der Waals surface area contributed by atoms with Gasteiger partial charge < -0.3 is 9.47 Å². The van der Waals surface area contributed by atoms with Crippen LogP contribution in [-0.2, 0) is 4.74 Å². The molecule has 1 saturated carbocycles. The van der Waals surface area contributed by atoms with Gasteiger partial charge in [-0.2, -0.15) is 0 Å². The van der Waals surface area contributed by atoms with Crippen molar-refractivity contribution in [1.82, 2.24) is 0 Å². The number of ether oxygens (including phenoxy) is 2. The maximum atomic E-state index is 11.4. The number of hydrogen-bond acceptors (Lipinski definition) is 4. The van der Waals surface area contributed by atoms with Gasteiger partial charge in [-0.25, -0.2) is 9.59 Å². The first-order valence-corrected chi connectivity index (χ1v) is 6.55. The molecule has 106 valence electrons. The summed E-state index contributed by atoms with van der Waals surface area (Å²) in [5.74, 6) is 0.389. The Bertz CT molecular complexity index is 522. The molecule has 0 atom stereocenters. The third-order valence-corrected chi connectivity index (χ3v) is 3.07. The number of hydrogen-bond donors (Lipinski definition) is 0. The Morgan fingerprint density at radius 2 is 1.75 bits per heavy atom. The summed E-state index contributed by atoms with van der Waals surface area (Å²) in [6.07, 6.45) is 1.88. The molecule has 20 heavy (non-hydrogen) atoms. The molecular formula is C14H16N2O4. The van der Waals surface area contributed by atoms with Crippen molar-refractivity contribution in [2.24, 2.45) is 10.2 Å². The summed E-state index contributed by atoms with van der Waals surface area (Å²) in [5, 5.41) is 6.39. The van der Waals surface area contributed by atoms with Crippen molar-refractivity contribution in [3.8, 4) is 5.75 Å². The summed E-state index contributed by atoms with van der Waals surface area (Å²) in [5.41, 5.74) is 0.796. The SMILES string of the molecule is Cc1ccccc1OC(=O)N=NC(=O)OC1CCCC1. The summed E-state index contributed by atoms with van der Waals surface area (Å²) >= 11 is 0. The van der Waals surface area contributed by atoms with Crippen molar-refractivity contribution < 1.29 is 19.1 Å². The second-order valence-electron chi connectivity index (χ2n) is 4.62. The molecule has 2 rings (SSSR count). The second-order valence-corrected chi connectivity index (χ2v) is 4.62. The number of nitrogens with zero attached hydrogens (tertiary/aromatic N) is 2. The zero-order valence-electron chi connectivity index (χ0n) is 11.2. The molecule has 6 heteroatoms. The molecular weight excluding hydrogens is 260 g/mol. The number of carbonyl (C=O) groups is 2. The van der Waals surface area contributed by atoms with Crippen LogP contribution in [0.5, 0.6) is 5.75 Å². The molecule has 6 nitrogen and oxygen atoms in total. The lowest BCUT2D eigenvalue weighted by atomic mass is 10.2. The number of amides is 2. The van der Waals surface area contributed by atoms with E-state index in [1.807, 2.05) is 6.07 Å². The van der Waals surface area contributed by atoms with Gasteiger partial charge in [0.25, 0.3) is 0 Å². The Hall–Kier alpha value is -2.24. The van der Waals surface area contributed by atoms with Gasteiger partial charge in [0.15, 0.2) is 0 Å². The van der Waals surface area contributed by atoms with Crippen molar-refractivity contribution >= 4 is 12.2 Å². The van der Waals surface area contributed by atoms with Gasteiger partial charge in [-0.3, -0.25) is 0 Å². The van der Waals surface area contributed by atoms with Gasteiger partial charge in [0.2, 0.25) is 0 Å². The molecule has 1 fully saturated rings. The monoisotopic (exact) mass is 276 g/mol. The molecule has 0 bridgehead atoms. The van der Waals surface area contributed by atoms with Crippen molar-refractivity contribution in [3.05, 3.63) is 29.8 Å². The largest absolute Gasteiger partial charge is 0.458 e. The molecule has 0 saturated heterocycles. The summed E-state index contributed by atoms with van der Waals surface area (Å²) in [6, 6.07) is 7.00. The second kappa shape index (κ2) is 6.79. The first-order valence-electron chi connectivity index (χ1n) is 6.55. The van der Waals surface area contributed by atoms with Crippen LogP contribution in [0.25, 0.3) is 0 Å². The topological polar surface area (TPSA) is 77.3 Å². The fourth-order valence-electron chi connectivity index (χ4n) is 2.04. The van der Waals surface area contributed by atoms with E-state index in [1.165, 1.54) is 0 Å². The smallest absolute Gasteiger partial charge is 0.444 e. The molecule has 1 aliphatic rings. The zero-order chi connectivity index (χ0) is 14.4.